The topological polar surface area (TPSA) is 0 Å². The maximum atomic E-state index is 2.41. The monoisotopic (exact) mass is 348 g/mol. The molecule has 2 aromatic carbocycles. The number of benzene rings is 2. The van der Waals surface area contributed by atoms with Crippen LogP contribution in [0, 0.1) is 6.92 Å². The van der Waals surface area contributed by atoms with Crippen molar-refractivity contribution in [2.45, 2.75) is 52.4 Å². The first-order chi connectivity index (χ1) is 11.7. The van der Waals surface area contributed by atoms with E-state index in [-0.39, 0.29) is 10.8 Å². The molecular formula is C24H28S. The fraction of sp³-hybridized carbons (Fsp3) is 0.333. The van der Waals surface area contributed by atoms with E-state index < -0.39 is 0 Å². The molecule has 1 heterocycles. The fourth-order valence-electron chi connectivity index (χ4n) is 3.48. The van der Waals surface area contributed by atoms with Gasteiger partial charge in [-0.1, -0.05) is 83.1 Å². The first-order valence-corrected chi connectivity index (χ1v) is 9.83. The minimum Gasteiger partial charge on any atom is -0.144 e. The summed E-state index contributed by atoms with van der Waals surface area (Å²) in [5, 5.41) is 2.13. The Morgan fingerprint density at radius 1 is 0.760 bits per heavy atom. The molecule has 0 aliphatic carbocycles. The molecule has 0 bridgehead atoms. The highest BCUT2D eigenvalue weighted by molar-refractivity contribution is 7.13. The van der Waals surface area contributed by atoms with Crippen LogP contribution in [0.3, 0.4) is 0 Å². The van der Waals surface area contributed by atoms with Gasteiger partial charge in [0.2, 0.25) is 0 Å². The zero-order valence-corrected chi connectivity index (χ0v) is 17.0. The van der Waals surface area contributed by atoms with Gasteiger partial charge in [0.1, 0.15) is 0 Å². The lowest BCUT2D eigenvalue weighted by Crippen LogP contribution is -2.21. The Morgan fingerprint density at radius 2 is 1.40 bits per heavy atom. The molecule has 0 saturated heterocycles. The molecule has 0 N–H and O–H groups in total. The van der Waals surface area contributed by atoms with Crippen molar-refractivity contribution in [1.82, 2.24) is 0 Å². The number of thiophene rings is 1. The Morgan fingerprint density at radius 3 is 1.96 bits per heavy atom. The second-order valence-corrected chi connectivity index (χ2v) is 9.41. The maximum Gasteiger partial charge on any atom is 0.0342 e. The summed E-state index contributed by atoms with van der Waals surface area (Å²) in [6.07, 6.45) is 0. The van der Waals surface area contributed by atoms with E-state index >= 15 is 0 Å². The van der Waals surface area contributed by atoms with Crippen LogP contribution in [-0.2, 0) is 10.8 Å². The van der Waals surface area contributed by atoms with Crippen LogP contribution >= 0.6 is 11.3 Å². The lowest BCUT2D eigenvalue weighted by molar-refractivity contribution is 0.578. The van der Waals surface area contributed by atoms with Gasteiger partial charge in [-0.15, -0.1) is 11.3 Å². The second kappa shape index (κ2) is 6.46. The molecule has 0 unspecified atom stereocenters. The SMILES string of the molecule is Cc1ccc(C(C)(C)c2ccc(-c3cccs3)cc2)cc1C(C)(C)C. The minimum atomic E-state index is -0.0122. The van der Waals surface area contributed by atoms with Gasteiger partial charge in [0.25, 0.3) is 0 Å². The Bertz CT molecular complexity index is 844. The van der Waals surface area contributed by atoms with Crippen LogP contribution in [-0.4, -0.2) is 0 Å². The lowest BCUT2D eigenvalue weighted by Gasteiger charge is -2.30. The second-order valence-electron chi connectivity index (χ2n) is 8.46. The molecule has 0 aliphatic heterocycles. The van der Waals surface area contributed by atoms with Crippen molar-refractivity contribution in [2.24, 2.45) is 0 Å². The molecule has 0 aliphatic rings. The zero-order valence-electron chi connectivity index (χ0n) is 16.2. The summed E-state index contributed by atoms with van der Waals surface area (Å²) in [6, 6.07) is 20.3. The molecule has 0 atom stereocenters. The fourth-order valence-corrected chi connectivity index (χ4v) is 4.21. The highest BCUT2D eigenvalue weighted by Crippen LogP contribution is 2.36. The van der Waals surface area contributed by atoms with Gasteiger partial charge in [0.05, 0.1) is 0 Å². The zero-order chi connectivity index (χ0) is 18.2. The van der Waals surface area contributed by atoms with E-state index in [0.29, 0.717) is 0 Å². The molecule has 0 fully saturated rings. The van der Waals surface area contributed by atoms with Crippen LogP contribution in [0.4, 0.5) is 0 Å². The highest BCUT2D eigenvalue weighted by Gasteiger charge is 2.26. The normalized spacial score (nSPS) is 12.4. The Kier molecular flexibility index (Phi) is 4.64. The van der Waals surface area contributed by atoms with Gasteiger partial charge in [-0.2, -0.15) is 0 Å². The van der Waals surface area contributed by atoms with E-state index in [4.69, 9.17) is 0 Å². The van der Waals surface area contributed by atoms with Crippen molar-refractivity contribution in [3.63, 3.8) is 0 Å². The molecule has 1 aromatic heterocycles. The summed E-state index contributed by atoms with van der Waals surface area (Å²) in [7, 11) is 0. The number of aryl methyl sites for hydroxylation is 1. The van der Waals surface area contributed by atoms with Crippen molar-refractivity contribution in [3.8, 4) is 10.4 Å². The molecular weight excluding hydrogens is 320 g/mol. The van der Waals surface area contributed by atoms with E-state index in [1.165, 1.54) is 32.7 Å². The van der Waals surface area contributed by atoms with Gasteiger partial charge in [0, 0.05) is 10.3 Å². The summed E-state index contributed by atoms with van der Waals surface area (Å²) in [4.78, 5) is 1.33. The first-order valence-electron chi connectivity index (χ1n) is 8.95. The summed E-state index contributed by atoms with van der Waals surface area (Å²) < 4.78 is 0. The van der Waals surface area contributed by atoms with Crippen molar-refractivity contribution < 1.29 is 0 Å². The van der Waals surface area contributed by atoms with E-state index in [1.807, 2.05) is 0 Å². The third-order valence-electron chi connectivity index (χ3n) is 5.18. The van der Waals surface area contributed by atoms with Gasteiger partial charge >= 0.3 is 0 Å². The smallest absolute Gasteiger partial charge is 0.0342 e. The summed E-state index contributed by atoms with van der Waals surface area (Å²) in [6.45, 7) is 13.7. The van der Waals surface area contributed by atoms with Crippen LogP contribution in [0.1, 0.15) is 56.9 Å². The maximum absolute atomic E-state index is 2.41. The van der Waals surface area contributed by atoms with Crippen LogP contribution in [0.5, 0.6) is 0 Å². The van der Waals surface area contributed by atoms with Crippen molar-refractivity contribution in [2.75, 3.05) is 0 Å². The third-order valence-corrected chi connectivity index (χ3v) is 6.10. The molecule has 0 spiro atoms. The third kappa shape index (κ3) is 3.57. The van der Waals surface area contributed by atoms with E-state index in [0.717, 1.165) is 0 Å². The van der Waals surface area contributed by atoms with Crippen LogP contribution in [0.2, 0.25) is 0 Å². The summed E-state index contributed by atoms with van der Waals surface area (Å²) in [5.41, 5.74) is 7.01. The predicted octanol–water partition coefficient (Wildman–Crippen LogP) is 7.35. The first kappa shape index (κ1) is 17.9. The van der Waals surface area contributed by atoms with Gasteiger partial charge in [-0.3, -0.25) is 0 Å². The number of hydrogen-bond acceptors (Lipinski definition) is 1. The molecule has 25 heavy (non-hydrogen) atoms. The van der Waals surface area contributed by atoms with Crippen LogP contribution in [0.15, 0.2) is 60.0 Å². The molecule has 0 nitrogen and oxygen atoms in total. The average Bonchev–Trinajstić information content (AvgIpc) is 3.08. The van der Waals surface area contributed by atoms with E-state index in [9.17, 15) is 0 Å². The minimum absolute atomic E-state index is 0.0122. The Balaban J connectivity index is 1.99. The molecule has 0 saturated carbocycles. The molecule has 0 amide bonds. The largest absolute Gasteiger partial charge is 0.144 e. The number of rotatable bonds is 3. The number of hydrogen-bond donors (Lipinski definition) is 0. The van der Waals surface area contributed by atoms with Gasteiger partial charge in [-0.05, 0) is 51.6 Å². The Labute approximate surface area is 156 Å². The van der Waals surface area contributed by atoms with Crippen molar-refractivity contribution in [3.05, 3.63) is 82.2 Å². The Hall–Kier alpha value is -1.86. The van der Waals surface area contributed by atoms with Crippen molar-refractivity contribution in [1.29, 1.82) is 0 Å². The standard InChI is InChI=1S/C24H28S/c1-17-9-12-20(16-21(17)23(2,3)4)24(5,6)19-13-10-18(11-14-19)22-8-7-15-25-22/h7-16H,1-6H3. The lowest BCUT2D eigenvalue weighted by atomic mass is 9.74. The van der Waals surface area contributed by atoms with Crippen molar-refractivity contribution >= 4 is 11.3 Å². The molecule has 0 radical (unpaired) electrons. The molecule has 3 rings (SSSR count). The van der Waals surface area contributed by atoms with Crippen LogP contribution < -0.4 is 0 Å². The highest BCUT2D eigenvalue weighted by atomic mass is 32.1. The summed E-state index contributed by atoms with van der Waals surface area (Å²) in [5.74, 6) is 0. The molecule has 130 valence electrons. The van der Waals surface area contributed by atoms with E-state index in [2.05, 4.69) is 102 Å². The summed E-state index contributed by atoms with van der Waals surface area (Å²) >= 11 is 1.79. The van der Waals surface area contributed by atoms with E-state index in [1.54, 1.807) is 11.3 Å². The molecule has 1 heteroatoms. The van der Waals surface area contributed by atoms with Gasteiger partial charge in [-0.25, -0.2) is 0 Å². The predicted molar refractivity (Wildman–Crippen MR) is 112 cm³/mol. The van der Waals surface area contributed by atoms with Gasteiger partial charge in [0.15, 0.2) is 0 Å². The van der Waals surface area contributed by atoms with Gasteiger partial charge < -0.3 is 0 Å². The molecule has 3 aromatic rings. The average molecular weight is 349 g/mol. The van der Waals surface area contributed by atoms with Crippen LogP contribution in [0.25, 0.3) is 10.4 Å². The quantitative estimate of drug-likeness (QED) is 0.464.